The molecule has 1 unspecified atom stereocenters. The predicted molar refractivity (Wildman–Crippen MR) is 132 cm³/mol. The molecule has 7 heteroatoms. The Balaban J connectivity index is 1.64. The summed E-state index contributed by atoms with van der Waals surface area (Å²) >= 11 is 0. The maximum absolute atomic E-state index is 12.3. The summed E-state index contributed by atoms with van der Waals surface area (Å²) in [6.45, 7) is 0.149. The van der Waals surface area contributed by atoms with Gasteiger partial charge in [0.15, 0.2) is 0 Å². The first-order valence-electron chi connectivity index (χ1n) is 12.8. The maximum atomic E-state index is 12.3. The van der Waals surface area contributed by atoms with Gasteiger partial charge in [-0.25, -0.2) is 0 Å². The Morgan fingerprint density at radius 1 is 1.00 bits per heavy atom. The van der Waals surface area contributed by atoms with E-state index in [-0.39, 0.29) is 24.2 Å². The fraction of sp³-hybridized carbons (Fsp3) is 0.667. The lowest BCUT2D eigenvalue weighted by Gasteiger charge is -2.21. The van der Waals surface area contributed by atoms with Crippen LogP contribution in [0.25, 0.3) is 0 Å². The average Bonchev–Trinajstić information content (AvgIpc) is 2.86. The molecule has 0 bridgehead atoms. The number of hydrogen-bond acceptors (Lipinski definition) is 5. The number of carbonyl (C=O) groups is 3. The Morgan fingerprint density at radius 2 is 1.71 bits per heavy atom. The summed E-state index contributed by atoms with van der Waals surface area (Å²) in [6, 6.07) is 6.95. The molecule has 0 heterocycles. The number of aryl methyl sites for hydroxylation is 2. The van der Waals surface area contributed by atoms with Gasteiger partial charge in [-0.15, -0.1) is 0 Å². The molecule has 7 nitrogen and oxygen atoms in total. The summed E-state index contributed by atoms with van der Waals surface area (Å²) in [5.41, 5.74) is 2.17. The van der Waals surface area contributed by atoms with Gasteiger partial charge < -0.3 is 20.5 Å². The Hall–Kier alpha value is -2.41. The number of methoxy groups -OCH3 is 1. The first-order valence-corrected chi connectivity index (χ1v) is 12.8. The van der Waals surface area contributed by atoms with Crippen LogP contribution in [0.1, 0.15) is 81.8 Å². The summed E-state index contributed by atoms with van der Waals surface area (Å²) in [4.78, 5) is 36.1. The van der Waals surface area contributed by atoms with Crippen LogP contribution in [-0.2, 0) is 32.0 Å². The summed E-state index contributed by atoms with van der Waals surface area (Å²) < 4.78 is 4.71. The van der Waals surface area contributed by atoms with E-state index in [4.69, 9.17) is 4.74 Å². The fourth-order valence-corrected chi connectivity index (χ4v) is 4.65. The van der Waals surface area contributed by atoms with Crippen LogP contribution in [-0.4, -0.2) is 49.2 Å². The lowest BCUT2D eigenvalue weighted by Crippen LogP contribution is -2.49. The first-order chi connectivity index (χ1) is 16.5. The van der Waals surface area contributed by atoms with Crippen LogP contribution in [0, 0.1) is 5.92 Å². The molecule has 0 spiro atoms. The highest BCUT2D eigenvalue weighted by molar-refractivity contribution is 5.87. The molecule has 1 atom stereocenters. The van der Waals surface area contributed by atoms with E-state index >= 15 is 0 Å². The van der Waals surface area contributed by atoms with Crippen molar-refractivity contribution in [3.05, 3.63) is 35.4 Å². The summed E-state index contributed by atoms with van der Waals surface area (Å²) in [7, 11) is 1.38. The van der Waals surface area contributed by atoms with Gasteiger partial charge in [-0.1, -0.05) is 69.2 Å². The van der Waals surface area contributed by atoms with Gasteiger partial charge in [0.25, 0.3) is 0 Å². The minimum atomic E-state index is -0.918. The summed E-state index contributed by atoms with van der Waals surface area (Å²) in [6.07, 6.45) is 12.5. The lowest BCUT2D eigenvalue weighted by atomic mass is 9.86. The van der Waals surface area contributed by atoms with Gasteiger partial charge in [0.05, 0.1) is 13.7 Å². The third-order valence-corrected chi connectivity index (χ3v) is 6.69. The van der Waals surface area contributed by atoms with Crippen molar-refractivity contribution in [1.82, 2.24) is 10.6 Å². The summed E-state index contributed by atoms with van der Waals surface area (Å²) in [5.74, 6) is 0.0145. The minimum absolute atomic E-state index is 0.244. The van der Waals surface area contributed by atoms with Gasteiger partial charge in [0.2, 0.25) is 11.8 Å². The van der Waals surface area contributed by atoms with E-state index in [2.05, 4.69) is 10.6 Å². The van der Waals surface area contributed by atoms with Gasteiger partial charge in [-0.3, -0.25) is 14.4 Å². The third-order valence-electron chi connectivity index (χ3n) is 6.69. The SMILES string of the molecule is COC(=O)CCc1ccccc1CCCC(=O)NC(CO)C(=O)NCCCCC1CCCCC1. The van der Waals surface area contributed by atoms with Gasteiger partial charge in [-0.2, -0.15) is 0 Å². The molecule has 2 rings (SSSR count). The van der Waals surface area contributed by atoms with Gasteiger partial charge in [0, 0.05) is 19.4 Å². The Labute approximate surface area is 204 Å². The summed E-state index contributed by atoms with van der Waals surface area (Å²) in [5, 5.41) is 15.1. The van der Waals surface area contributed by atoms with E-state index in [0.717, 1.165) is 29.9 Å². The van der Waals surface area contributed by atoms with Crippen molar-refractivity contribution in [3.63, 3.8) is 0 Å². The molecule has 3 N–H and O–H groups in total. The number of rotatable bonds is 15. The highest BCUT2D eigenvalue weighted by Gasteiger charge is 2.19. The van der Waals surface area contributed by atoms with E-state index in [1.54, 1.807) is 0 Å². The van der Waals surface area contributed by atoms with Gasteiger partial charge in [0.1, 0.15) is 6.04 Å². The van der Waals surface area contributed by atoms with Crippen LogP contribution < -0.4 is 10.6 Å². The van der Waals surface area contributed by atoms with Crippen LogP contribution in [0.5, 0.6) is 0 Å². The Morgan fingerprint density at radius 3 is 2.38 bits per heavy atom. The molecule has 1 aromatic rings. The van der Waals surface area contributed by atoms with Gasteiger partial charge >= 0.3 is 5.97 Å². The molecule has 1 aliphatic carbocycles. The highest BCUT2D eigenvalue weighted by atomic mass is 16.5. The maximum Gasteiger partial charge on any atom is 0.305 e. The number of nitrogens with one attached hydrogen (secondary N) is 2. The molecule has 1 fully saturated rings. The number of unbranched alkanes of at least 4 members (excludes halogenated alkanes) is 1. The van der Waals surface area contributed by atoms with E-state index in [9.17, 15) is 19.5 Å². The standard InChI is InChI=1S/C27H42N2O5/c1-34-26(32)18-17-23-14-6-5-13-22(23)15-9-16-25(31)29-24(20-30)27(33)28-19-8-7-12-21-10-3-2-4-11-21/h5-6,13-14,21,24,30H,2-4,7-12,15-20H2,1H3,(H,28,33)(H,29,31). The van der Waals surface area contributed by atoms with Crippen molar-refractivity contribution < 1.29 is 24.2 Å². The van der Waals surface area contributed by atoms with Crippen molar-refractivity contribution >= 4 is 17.8 Å². The van der Waals surface area contributed by atoms with Gasteiger partial charge in [-0.05, 0) is 42.7 Å². The molecule has 0 saturated heterocycles. The second-order valence-corrected chi connectivity index (χ2v) is 9.29. The lowest BCUT2D eigenvalue weighted by molar-refractivity contribution is -0.140. The van der Waals surface area contributed by atoms with Crippen molar-refractivity contribution in [1.29, 1.82) is 0 Å². The average molecular weight is 475 g/mol. The second-order valence-electron chi connectivity index (χ2n) is 9.29. The minimum Gasteiger partial charge on any atom is -0.469 e. The quantitative estimate of drug-likeness (QED) is 0.267. The third kappa shape index (κ3) is 10.7. The molecule has 2 amide bonds. The van der Waals surface area contributed by atoms with Crippen molar-refractivity contribution in [2.45, 2.75) is 89.5 Å². The van der Waals surface area contributed by atoms with Crippen LogP contribution in [0.4, 0.5) is 0 Å². The predicted octanol–water partition coefficient (Wildman–Crippen LogP) is 3.46. The molecule has 190 valence electrons. The zero-order chi connectivity index (χ0) is 24.6. The van der Waals surface area contributed by atoms with Crippen LogP contribution in [0.15, 0.2) is 24.3 Å². The number of esters is 1. The number of hydrogen-bond donors (Lipinski definition) is 3. The number of ether oxygens (including phenoxy) is 1. The number of aliphatic hydroxyl groups is 1. The van der Waals surface area contributed by atoms with Crippen molar-refractivity contribution in [2.75, 3.05) is 20.3 Å². The molecule has 34 heavy (non-hydrogen) atoms. The smallest absolute Gasteiger partial charge is 0.305 e. The monoisotopic (exact) mass is 474 g/mol. The Bertz CT molecular complexity index is 761. The van der Waals surface area contributed by atoms with E-state index in [1.807, 2.05) is 24.3 Å². The molecular formula is C27H42N2O5. The second kappa shape index (κ2) is 16.3. The number of aliphatic hydroxyl groups excluding tert-OH is 1. The zero-order valence-electron chi connectivity index (χ0n) is 20.7. The Kier molecular flexibility index (Phi) is 13.3. The van der Waals surface area contributed by atoms with Crippen LogP contribution in [0.2, 0.25) is 0 Å². The van der Waals surface area contributed by atoms with Crippen molar-refractivity contribution in [2.24, 2.45) is 5.92 Å². The van der Waals surface area contributed by atoms with E-state index in [1.165, 1.54) is 45.6 Å². The number of amides is 2. The fourth-order valence-electron chi connectivity index (χ4n) is 4.65. The zero-order valence-corrected chi connectivity index (χ0v) is 20.7. The molecule has 0 radical (unpaired) electrons. The molecule has 1 aromatic carbocycles. The molecular weight excluding hydrogens is 432 g/mol. The van der Waals surface area contributed by atoms with E-state index < -0.39 is 12.6 Å². The van der Waals surface area contributed by atoms with Crippen LogP contribution in [0.3, 0.4) is 0 Å². The molecule has 0 aliphatic heterocycles. The van der Waals surface area contributed by atoms with Crippen LogP contribution >= 0.6 is 0 Å². The molecule has 0 aromatic heterocycles. The largest absolute Gasteiger partial charge is 0.469 e. The molecule has 1 saturated carbocycles. The topological polar surface area (TPSA) is 105 Å². The number of benzene rings is 1. The van der Waals surface area contributed by atoms with Crippen molar-refractivity contribution in [3.8, 4) is 0 Å². The normalized spacial score (nSPS) is 14.9. The molecule has 1 aliphatic rings. The van der Waals surface area contributed by atoms with E-state index in [0.29, 0.717) is 32.2 Å². The highest BCUT2D eigenvalue weighted by Crippen LogP contribution is 2.27. The number of carbonyl (C=O) groups excluding carboxylic acids is 3. The first kappa shape index (κ1) is 27.8.